The number of hydrogen-bond acceptors (Lipinski definition) is 2. The Kier molecular flexibility index (Phi) is 3.30. The summed E-state index contributed by atoms with van der Waals surface area (Å²) in [6.07, 6.45) is 1.08. The Labute approximate surface area is 106 Å². The predicted octanol–water partition coefficient (Wildman–Crippen LogP) is 3.62. The summed E-state index contributed by atoms with van der Waals surface area (Å²) >= 11 is 5.31. The van der Waals surface area contributed by atoms with Gasteiger partial charge in [-0.2, -0.15) is 5.26 Å². The molecule has 0 spiro atoms. The van der Waals surface area contributed by atoms with Crippen molar-refractivity contribution in [1.29, 1.82) is 5.26 Å². The van der Waals surface area contributed by atoms with Crippen LogP contribution in [-0.4, -0.2) is 9.55 Å². The van der Waals surface area contributed by atoms with Crippen LogP contribution in [0.4, 0.5) is 0 Å². The number of nitriles is 1. The largest absolute Gasteiger partial charge is 0.329 e. The number of H-pyrrole nitrogens is 1. The minimum Gasteiger partial charge on any atom is -0.329 e. The van der Waals surface area contributed by atoms with Gasteiger partial charge in [0, 0.05) is 6.54 Å². The Balaban J connectivity index is 2.54. The lowest BCUT2D eigenvalue weighted by Gasteiger charge is -2.06. The standard InChI is InChI=1S/C13H15N3S/c1-9(2)6-7-16-11-5-3-4-10(8-14)12(11)15-13(16)17/h3-5,9H,6-7H2,1-2H3,(H,15,17). The van der Waals surface area contributed by atoms with E-state index in [0.717, 1.165) is 24.0 Å². The first-order valence-corrected chi connectivity index (χ1v) is 6.16. The number of nitrogens with one attached hydrogen (secondary N) is 1. The summed E-state index contributed by atoms with van der Waals surface area (Å²) < 4.78 is 2.77. The van der Waals surface area contributed by atoms with Gasteiger partial charge in [0.15, 0.2) is 4.77 Å². The molecule has 0 bridgehead atoms. The maximum atomic E-state index is 9.04. The first-order valence-electron chi connectivity index (χ1n) is 5.75. The maximum Gasteiger partial charge on any atom is 0.178 e. The van der Waals surface area contributed by atoms with Crippen LogP contribution in [0.25, 0.3) is 11.0 Å². The van der Waals surface area contributed by atoms with E-state index in [4.69, 9.17) is 17.5 Å². The van der Waals surface area contributed by atoms with Crippen molar-refractivity contribution < 1.29 is 0 Å². The molecule has 1 aromatic carbocycles. The van der Waals surface area contributed by atoms with Gasteiger partial charge in [0.2, 0.25) is 0 Å². The smallest absolute Gasteiger partial charge is 0.178 e. The van der Waals surface area contributed by atoms with Gasteiger partial charge >= 0.3 is 0 Å². The Morgan fingerprint density at radius 3 is 2.88 bits per heavy atom. The Bertz CT molecular complexity index is 628. The van der Waals surface area contributed by atoms with Crippen LogP contribution in [0, 0.1) is 22.0 Å². The number of nitrogens with zero attached hydrogens (tertiary/aromatic N) is 2. The minimum atomic E-state index is 0.640. The lowest BCUT2D eigenvalue weighted by molar-refractivity contribution is 0.520. The molecule has 0 aliphatic rings. The highest BCUT2D eigenvalue weighted by atomic mass is 32.1. The van der Waals surface area contributed by atoms with Gasteiger partial charge in [0.1, 0.15) is 6.07 Å². The lowest BCUT2D eigenvalue weighted by Crippen LogP contribution is -2.01. The number of aryl methyl sites for hydroxylation is 1. The fraction of sp³-hybridized carbons (Fsp3) is 0.385. The number of imidazole rings is 1. The molecular formula is C13H15N3S. The van der Waals surface area contributed by atoms with E-state index in [0.29, 0.717) is 16.3 Å². The van der Waals surface area contributed by atoms with Crippen LogP contribution in [0.5, 0.6) is 0 Å². The molecule has 3 nitrogen and oxygen atoms in total. The average molecular weight is 245 g/mol. The van der Waals surface area contributed by atoms with Gasteiger partial charge in [-0.1, -0.05) is 19.9 Å². The average Bonchev–Trinajstić information content (AvgIpc) is 2.62. The van der Waals surface area contributed by atoms with Crippen LogP contribution in [0.1, 0.15) is 25.8 Å². The first kappa shape index (κ1) is 11.9. The molecule has 0 fully saturated rings. The number of hydrogen-bond donors (Lipinski definition) is 1. The summed E-state index contributed by atoms with van der Waals surface area (Å²) in [5.41, 5.74) is 2.52. The molecule has 88 valence electrons. The molecule has 0 atom stereocenters. The van der Waals surface area contributed by atoms with Crippen LogP contribution < -0.4 is 0 Å². The lowest BCUT2D eigenvalue weighted by atomic mass is 10.1. The molecule has 1 N–H and O–H groups in total. The first-order chi connectivity index (χ1) is 8.13. The van der Waals surface area contributed by atoms with Gasteiger partial charge in [-0.15, -0.1) is 0 Å². The topological polar surface area (TPSA) is 44.5 Å². The van der Waals surface area contributed by atoms with Crippen LogP contribution >= 0.6 is 12.2 Å². The van der Waals surface area contributed by atoms with E-state index >= 15 is 0 Å². The van der Waals surface area contributed by atoms with E-state index in [1.54, 1.807) is 6.07 Å². The van der Waals surface area contributed by atoms with Crippen molar-refractivity contribution in [3.8, 4) is 6.07 Å². The van der Waals surface area contributed by atoms with Gasteiger partial charge in [0.05, 0.1) is 16.6 Å². The zero-order valence-electron chi connectivity index (χ0n) is 10.0. The Morgan fingerprint density at radius 1 is 1.47 bits per heavy atom. The number of para-hydroxylation sites is 1. The molecule has 0 amide bonds. The fourth-order valence-corrected chi connectivity index (χ4v) is 2.17. The molecule has 2 rings (SSSR count). The third-order valence-electron chi connectivity index (χ3n) is 2.86. The second-order valence-electron chi connectivity index (χ2n) is 4.58. The number of benzene rings is 1. The third-order valence-corrected chi connectivity index (χ3v) is 3.18. The number of aromatic amines is 1. The molecule has 1 heterocycles. The van der Waals surface area contributed by atoms with Gasteiger partial charge < -0.3 is 9.55 Å². The summed E-state index contributed by atoms with van der Waals surface area (Å²) in [4.78, 5) is 3.13. The molecule has 2 aromatic rings. The monoisotopic (exact) mass is 245 g/mol. The minimum absolute atomic E-state index is 0.640. The molecule has 0 saturated carbocycles. The molecule has 0 unspecified atom stereocenters. The highest BCUT2D eigenvalue weighted by molar-refractivity contribution is 7.71. The summed E-state index contributed by atoms with van der Waals surface area (Å²) in [5, 5.41) is 9.04. The zero-order valence-corrected chi connectivity index (χ0v) is 10.8. The van der Waals surface area contributed by atoms with E-state index in [1.165, 1.54) is 0 Å². The predicted molar refractivity (Wildman–Crippen MR) is 71.3 cm³/mol. The molecule has 0 aliphatic carbocycles. The van der Waals surface area contributed by atoms with Gasteiger partial charge in [-0.05, 0) is 36.7 Å². The van der Waals surface area contributed by atoms with E-state index in [-0.39, 0.29) is 0 Å². The van der Waals surface area contributed by atoms with Crippen molar-refractivity contribution in [3.63, 3.8) is 0 Å². The second-order valence-corrected chi connectivity index (χ2v) is 4.96. The maximum absolute atomic E-state index is 9.04. The molecule has 4 heteroatoms. The molecular weight excluding hydrogens is 230 g/mol. The Hall–Kier alpha value is -1.60. The van der Waals surface area contributed by atoms with Crippen molar-refractivity contribution in [2.24, 2.45) is 5.92 Å². The summed E-state index contributed by atoms with van der Waals surface area (Å²) in [6, 6.07) is 7.89. The van der Waals surface area contributed by atoms with E-state index in [2.05, 4.69) is 29.5 Å². The molecule has 0 aliphatic heterocycles. The summed E-state index contributed by atoms with van der Waals surface area (Å²) in [6.45, 7) is 5.28. The third kappa shape index (κ3) is 2.25. The quantitative estimate of drug-likeness (QED) is 0.839. The Morgan fingerprint density at radius 2 is 2.24 bits per heavy atom. The SMILES string of the molecule is CC(C)CCn1c(=S)[nH]c2c(C#N)cccc21. The van der Waals surface area contributed by atoms with Crippen LogP contribution in [0.15, 0.2) is 18.2 Å². The van der Waals surface area contributed by atoms with Gasteiger partial charge in [-0.25, -0.2) is 0 Å². The highest BCUT2D eigenvalue weighted by Gasteiger charge is 2.08. The number of fused-ring (bicyclic) bond motifs is 1. The molecule has 1 aromatic heterocycles. The number of aromatic nitrogens is 2. The van der Waals surface area contributed by atoms with Gasteiger partial charge in [-0.3, -0.25) is 0 Å². The molecule has 0 saturated heterocycles. The van der Waals surface area contributed by atoms with Crippen molar-refractivity contribution in [2.75, 3.05) is 0 Å². The highest BCUT2D eigenvalue weighted by Crippen LogP contribution is 2.19. The zero-order chi connectivity index (χ0) is 12.4. The van der Waals surface area contributed by atoms with Crippen LogP contribution in [0.2, 0.25) is 0 Å². The van der Waals surface area contributed by atoms with Crippen LogP contribution in [-0.2, 0) is 6.54 Å². The van der Waals surface area contributed by atoms with E-state index in [1.807, 2.05) is 12.1 Å². The summed E-state index contributed by atoms with van der Waals surface area (Å²) in [7, 11) is 0. The van der Waals surface area contributed by atoms with Gasteiger partial charge in [0.25, 0.3) is 0 Å². The summed E-state index contributed by atoms with van der Waals surface area (Å²) in [5.74, 6) is 0.640. The van der Waals surface area contributed by atoms with E-state index in [9.17, 15) is 0 Å². The van der Waals surface area contributed by atoms with E-state index < -0.39 is 0 Å². The van der Waals surface area contributed by atoms with Crippen molar-refractivity contribution >= 4 is 23.3 Å². The van der Waals surface area contributed by atoms with Crippen molar-refractivity contribution in [1.82, 2.24) is 9.55 Å². The molecule has 0 radical (unpaired) electrons. The fourth-order valence-electron chi connectivity index (χ4n) is 1.88. The normalized spacial score (nSPS) is 10.9. The number of rotatable bonds is 3. The van der Waals surface area contributed by atoms with Crippen molar-refractivity contribution in [2.45, 2.75) is 26.8 Å². The van der Waals surface area contributed by atoms with Crippen molar-refractivity contribution in [3.05, 3.63) is 28.5 Å². The second kappa shape index (κ2) is 4.72. The molecule has 17 heavy (non-hydrogen) atoms. The van der Waals surface area contributed by atoms with Crippen LogP contribution in [0.3, 0.4) is 0 Å².